The molecular weight excluding hydrogens is 310 g/mol. The van der Waals surface area contributed by atoms with Crippen LogP contribution in [0, 0.1) is 0 Å². The highest BCUT2D eigenvalue weighted by molar-refractivity contribution is 5.88. The Hall–Kier alpha value is -2.59. The third kappa shape index (κ3) is 4.48. The SMILES string of the molecule is NC(=O)C1(Nc2ccccc2)CCN(CC=Cc2ccccc2)CC1. The summed E-state index contributed by atoms with van der Waals surface area (Å²) in [5.41, 5.74) is 7.23. The first kappa shape index (κ1) is 17.2. The fourth-order valence-electron chi connectivity index (χ4n) is 3.25. The molecule has 1 aliphatic rings. The molecule has 0 aliphatic carbocycles. The number of primary amides is 1. The van der Waals surface area contributed by atoms with Crippen LogP contribution in [0.15, 0.2) is 66.7 Å². The van der Waals surface area contributed by atoms with Crippen molar-refractivity contribution in [2.75, 3.05) is 25.0 Å². The third-order valence-electron chi connectivity index (χ3n) is 4.81. The van der Waals surface area contributed by atoms with Gasteiger partial charge in [0, 0.05) is 25.3 Å². The summed E-state index contributed by atoms with van der Waals surface area (Å²) in [5, 5.41) is 3.38. The molecule has 1 amide bonds. The maximum atomic E-state index is 12.1. The molecule has 25 heavy (non-hydrogen) atoms. The van der Waals surface area contributed by atoms with Crippen LogP contribution in [-0.4, -0.2) is 36.0 Å². The second kappa shape index (κ2) is 7.99. The Kier molecular flexibility index (Phi) is 5.51. The number of nitrogens with zero attached hydrogens (tertiary/aromatic N) is 1. The normalized spacial score (nSPS) is 17.4. The van der Waals surface area contributed by atoms with Crippen LogP contribution >= 0.6 is 0 Å². The molecule has 2 aromatic rings. The van der Waals surface area contributed by atoms with Gasteiger partial charge in [0.2, 0.25) is 5.91 Å². The van der Waals surface area contributed by atoms with Crippen molar-refractivity contribution in [1.82, 2.24) is 4.90 Å². The Labute approximate surface area is 149 Å². The van der Waals surface area contributed by atoms with Crippen molar-refractivity contribution in [3.63, 3.8) is 0 Å². The number of anilines is 1. The first-order valence-corrected chi connectivity index (χ1v) is 8.75. The van der Waals surface area contributed by atoms with Crippen LogP contribution < -0.4 is 11.1 Å². The number of benzene rings is 2. The van der Waals surface area contributed by atoms with Crippen molar-refractivity contribution in [1.29, 1.82) is 0 Å². The maximum absolute atomic E-state index is 12.1. The van der Waals surface area contributed by atoms with Crippen molar-refractivity contribution in [2.24, 2.45) is 5.73 Å². The van der Waals surface area contributed by atoms with Gasteiger partial charge in [-0.2, -0.15) is 0 Å². The smallest absolute Gasteiger partial charge is 0.243 e. The van der Waals surface area contributed by atoms with Gasteiger partial charge in [-0.1, -0.05) is 60.7 Å². The molecule has 0 atom stereocenters. The Bertz CT molecular complexity index is 704. The Morgan fingerprint density at radius 3 is 2.24 bits per heavy atom. The van der Waals surface area contributed by atoms with E-state index in [0.29, 0.717) is 0 Å². The van der Waals surface area contributed by atoms with Crippen molar-refractivity contribution in [2.45, 2.75) is 18.4 Å². The topological polar surface area (TPSA) is 58.4 Å². The molecule has 0 radical (unpaired) electrons. The second-order valence-electron chi connectivity index (χ2n) is 6.55. The van der Waals surface area contributed by atoms with Gasteiger partial charge in [-0.15, -0.1) is 0 Å². The molecule has 0 bridgehead atoms. The number of likely N-dealkylation sites (tertiary alicyclic amines) is 1. The third-order valence-corrected chi connectivity index (χ3v) is 4.81. The average Bonchev–Trinajstić information content (AvgIpc) is 2.65. The summed E-state index contributed by atoms with van der Waals surface area (Å²) in [7, 11) is 0. The highest BCUT2D eigenvalue weighted by Crippen LogP contribution is 2.27. The van der Waals surface area contributed by atoms with Gasteiger partial charge in [0.25, 0.3) is 0 Å². The minimum Gasteiger partial charge on any atom is -0.371 e. The van der Waals surface area contributed by atoms with E-state index >= 15 is 0 Å². The van der Waals surface area contributed by atoms with Crippen LogP contribution in [0.1, 0.15) is 18.4 Å². The Morgan fingerprint density at radius 1 is 1.04 bits per heavy atom. The fraction of sp³-hybridized carbons (Fsp3) is 0.286. The molecular formula is C21H25N3O. The van der Waals surface area contributed by atoms with E-state index in [1.165, 1.54) is 5.56 Å². The summed E-state index contributed by atoms with van der Waals surface area (Å²) in [6.07, 6.45) is 5.75. The van der Waals surface area contributed by atoms with Crippen molar-refractivity contribution < 1.29 is 4.79 Å². The van der Waals surface area contributed by atoms with E-state index in [4.69, 9.17) is 5.73 Å². The monoisotopic (exact) mass is 335 g/mol. The molecule has 1 heterocycles. The molecule has 3 rings (SSSR count). The van der Waals surface area contributed by atoms with Gasteiger partial charge < -0.3 is 11.1 Å². The lowest BCUT2D eigenvalue weighted by Crippen LogP contribution is -2.57. The summed E-state index contributed by atoms with van der Waals surface area (Å²) in [6.45, 7) is 2.58. The molecule has 0 spiro atoms. The zero-order valence-corrected chi connectivity index (χ0v) is 14.4. The van der Waals surface area contributed by atoms with Gasteiger partial charge in [-0.05, 0) is 30.5 Å². The van der Waals surface area contributed by atoms with Gasteiger partial charge >= 0.3 is 0 Å². The molecule has 130 valence electrons. The van der Waals surface area contributed by atoms with Gasteiger partial charge in [0.15, 0.2) is 0 Å². The van der Waals surface area contributed by atoms with E-state index in [9.17, 15) is 4.79 Å². The summed E-state index contributed by atoms with van der Waals surface area (Å²) in [6, 6.07) is 20.1. The van der Waals surface area contributed by atoms with Crippen molar-refractivity contribution in [3.8, 4) is 0 Å². The number of rotatable bonds is 6. The van der Waals surface area contributed by atoms with Crippen LogP contribution in [0.3, 0.4) is 0 Å². The number of hydrogen-bond acceptors (Lipinski definition) is 3. The lowest BCUT2D eigenvalue weighted by atomic mass is 9.86. The van der Waals surface area contributed by atoms with Crippen molar-refractivity contribution in [3.05, 3.63) is 72.3 Å². The van der Waals surface area contributed by atoms with Crippen molar-refractivity contribution >= 4 is 17.7 Å². The van der Waals surface area contributed by atoms with E-state index in [0.717, 1.165) is 38.2 Å². The first-order chi connectivity index (χ1) is 12.2. The molecule has 3 N–H and O–H groups in total. The molecule has 0 unspecified atom stereocenters. The standard InChI is InChI=1S/C21H25N3O/c22-20(25)21(23-19-11-5-2-6-12-19)13-16-24(17-14-21)15-7-10-18-8-3-1-4-9-18/h1-12,23H,13-17H2,(H2,22,25). The highest BCUT2D eigenvalue weighted by atomic mass is 16.1. The number of para-hydroxylation sites is 1. The Morgan fingerprint density at radius 2 is 1.64 bits per heavy atom. The van der Waals surface area contributed by atoms with Gasteiger partial charge in [-0.25, -0.2) is 0 Å². The summed E-state index contributed by atoms with van der Waals surface area (Å²) >= 11 is 0. The molecule has 1 fully saturated rings. The number of hydrogen-bond donors (Lipinski definition) is 2. The summed E-state index contributed by atoms with van der Waals surface area (Å²) in [5.74, 6) is -0.268. The molecule has 4 nitrogen and oxygen atoms in total. The first-order valence-electron chi connectivity index (χ1n) is 8.75. The number of nitrogens with two attached hydrogens (primary N) is 1. The number of nitrogens with one attached hydrogen (secondary N) is 1. The largest absolute Gasteiger partial charge is 0.371 e. The number of amides is 1. The van der Waals surface area contributed by atoms with Crippen LogP contribution in [0.4, 0.5) is 5.69 Å². The average molecular weight is 335 g/mol. The van der Waals surface area contributed by atoms with E-state index in [2.05, 4.69) is 34.5 Å². The lowest BCUT2D eigenvalue weighted by molar-refractivity contribution is -0.123. The number of piperidine rings is 1. The number of carbonyl (C=O) groups is 1. The molecule has 2 aromatic carbocycles. The zero-order chi connectivity index (χ0) is 17.5. The molecule has 0 saturated carbocycles. The van der Waals surface area contributed by atoms with E-state index in [1.54, 1.807) is 0 Å². The van der Waals surface area contributed by atoms with Gasteiger partial charge in [0.05, 0.1) is 0 Å². The number of carbonyl (C=O) groups excluding carboxylic acids is 1. The maximum Gasteiger partial charge on any atom is 0.243 e. The van der Waals surface area contributed by atoms with E-state index < -0.39 is 5.54 Å². The van der Waals surface area contributed by atoms with Crippen LogP contribution in [-0.2, 0) is 4.79 Å². The fourth-order valence-corrected chi connectivity index (χ4v) is 3.25. The van der Waals surface area contributed by atoms with Gasteiger partial charge in [-0.3, -0.25) is 9.69 Å². The summed E-state index contributed by atoms with van der Waals surface area (Å²) < 4.78 is 0. The van der Waals surface area contributed by atoms with E-state index in [-0.39, 0.29) is 5.91 Å². The Balaban J connectivity index is 1.57. The van der Waals surface area contributed by atoms with E-state index in [1.807, 2.05) is 48.5 Å². The lowest BCUT2D eigenvalue weighted by Gasteiger charge is -2.40. The van der Waals surface area contributed by atoms with Crippen LogP contribution in [0.2, 0.25) is 0 Å². The zero-order valence-electron chi connectivity index (χ0n) is 14.4. The quantitative estimate of drug-likeness (QED) is 0.853. The molecule has 1 aliphatic heterocycles. The predicted octanol–water partition coefficient (Wildman–Crippen LogP) is 3.13. The van der Waals surface area contributed by atoms with Gasteiger partial charge in [0.1, 0.15) is 5.54 Å². The van der Waals surface area contributed by atoms with Crippen LogP contribution in [0.25, 0.3) is 6.08 Å². The summed E-state index contributed by atoms with van der Waals surface area (Å²) in [4.78, 5) is 14.5. The highest BCUT2D eigenvalue weighted by Gasteiger charge is 2.39. The molecule has 1 saturated heterocycles. The molecule has 0 aromatic heterocycles. The molecule has 4 heteroatoms. The minimum atomic E-state index is -0.652. The van der Waals surface area contributed by atoms with Crippen LogP contribution in [0.5, 0.6) is 0 Å². The second-order valence-corrected chi connectivity index (χ2v) is 6.55. The minimum absolute atomic E-state index is 0.268. The predicted molar refractivity (Wildman–Crippen MR) is 103 cm³/mol.